The minimum absolute atomic E-state index is 0.0998. The molecule has 28 heavy (non-hydrogen) atoms. The zero-order valence-corrected chi connectivity index (χ0v) is 17.0. The fourth-order valence-electron chi connectivity index (χ4n) is 2.81. The van der Waals surface area contributed by atoms with Crippen LogP contribution in [0.25, 0.3) is 11.0 Å². The van der Waals surface area contributed by atoms with Gasteiger partial charge in [-0.05, 0) is 50.1 Å². The summed E-state index contributed by atoms with van der Waals surface area (Å²) in [6.07, 6.45) is 1.62. The van der Waals surface area contributed by atoms with Crippen LogP contribution in [0.5, 0.6) is 0 Å². The molecule has 0 radical (unpaired) electrons. The summed E-state index contributed by atoms with van der Waals surface area (Å²) < 4.78 is 7.08. The van der Waals surface area contributed by atoms with Crippen molar-refractivity contribution in [2.45, 2.75) is 39.7 Å². The number of hydrogen-bond acceptors (Lipinski definition) is 5. The Morgan fingerprint density at radius 1 is 1.14 bits per heavy atom. The normalized spacial score (nSPS) is 11.4. The number of Topliss-reactive ketones (excluding diaryl/α,β-unsaturated/α-hetero) is 1. The average Bonchev–Trinajstić information content (AvgIpc) is 3.09. The van der Waals surface area contributed by atoms with Gasteiger partial charge >= 0.3 is 5.97 Å². The lowest BCUT2D eigenvalue weighted by molar-refractivity contribution is 0.0476. The molecule has 3 rings (SSSR count). The van der Waals surface area contributed by atoms with Gasteiger partial charge in [0.05, 0.1) is 17.1 Å². The number of hydrogen-bond donors (Lipinski definition) is 0. The van der Waals surface area contributed by atoms with E-state index in [1.165, 1.54) is 0 Å². The van der Waals surface area contributed by atoms with Crippen LogP contribution in [-0.2, 0) is 4.74 Å². The zero-order valence-electron chi connectivity index (χ0n) is 16.3. The van der Waals surface area contributed by atoms with E-state index in [9.17, 15) is 9.59 Å². The lowest BCUT2D eigenvalue weighted by Gasteiger charge is -2.12. The van der Waals surface area contributed by atoms with E-state index in [-0.39, 0.29) is 24.3 Å². The van der Waals surface area contributed by atoms with E-state index in [0.29, 0.717) is 27.2 Å². The number of ketones is 1. The summed E-state index contributed by atoms with van der Waals surface area (Å²) in [7, 11) is 0. The van der Waals surface area contributed by atoms with Gasteiger partial charge in [0.25, 0.3) is 0 Å². The molecule has 0 unspecified atom stereocenters. The molecule has 1 aromatic carbocycles. The Labute approximate surface area is 168 Å². The van der Waals surface area contributed by atoms with E-state index in [0.717, 1.165) is 5.69 Å². The summed E-state index contributed by atoms with van der Waals surface area (Å²) in [4.78, 5) is 29.7. The van der Waals surface area contributed by atoms with E-state index < -0.39 is 5.97 Å². The Kier molecular flexibility index (Phi) is 5.79. The van der Waals surface area contributed by atoms with Gasteiger partial charge in [0.2, 0.25) is 0 Å². The van der Waals surface area contributed by atoms with Crippen molar-refractivity contribution in [3.8, 4) is 0 Å². The molecule has 0 aliphatic rings. The molecule has 0 N–H and O–H groups in total. The van der Waals surface area contributed by atoms with Gasteiger partial charge in [-0.15, -0.1) is 0 Å². The Bertz CT molecular complexity index is 1020. The molecule has 0 bridgehead atoms. The van der Waals surface area contributed by atoms with E-state index in [2.05, 4.69) is 10.1 Å². The van der Waals surface area contributed by atoms with Crippen molar-refractivity contribution in [3.63, 3.8) is 0 Å². The van der Waals surface area contributed by atoms with Crippen LogP contribution in [0.15, 0.2) is 36.5 Å². The number of ether oxygens (including phenoxy) is 1. The standard InChI is InChI=1S/C21H22ClN3O3/c1-12(2)18-9-16(17-10-23-25(13(3)4)20(17)24-18)21(27)28-11-19(26)14-5-7-15(22)8-6-14/h5-10,12-13H,11H2,1-4H3. The van der Waals surface area contributed by atoms with Crippen LogP contribution in [0, 0.1) is 0 Å². The maximum absolute atomic E-state index is 12.7. The molecule has 3 aromatic rings. The van der Waals surface area contributed by atoms with Gasteiger partial charge in [-0.3, -0.25) is 4.79 Å². The van der Waals surface area contributed by atoms with Crippen LogP contribution in [0.4, 0.5) is 0 Å². The number of nitrogens with zero attached hydrogens (tertiary/aromatic N) is 3. The highest BCUT2D eigenvalue weighted by atomic mass is 35.5. The maximum Gasteiger partial charge on any atom is 0.339 e. The van der Waals surface area contributed by atoms with Crippen LogP contribution in [-0.4, -0.2) is 33.1 Å². The molecular weight excluding hydrogens is 378 g/mol. The maximum atomic E-state index is 12.7. The van der Waals surface area contributed by atoms with Gasteiger partial charge < -0.3 is 4.74 Å². The molecule has 2 heterocycles. The van der Waals surface area contributed by atoms with Gasteiger partial charge in [0.1, 0.15) is 0 Å². The summed E-state index contributed by atoms with van der Waals surface area (Å²) in [6.45, 7) is 7.66. The Balaban J connectivity index is 1.88. The van der Waals surface area contributed by atoms with Crippen molar-refractivity contribution in [1.82, 2.24) is 14.8 Å². The number of benzene rings is 1. The van der Waals surface area contributed by atoms with Gasteiger partial charge in [-0.2, -0.15) is 5.10 Å². The first-order valence-electron chi connectivity index (χ1n) is 9.12. The Morgan fingerprint density at radius 2 is 1.82 bits per heavy atom. The smallest absolute Gasteiger partial charge is 0.339 e. The molecular formula is C21H22ClN3O3. The summed E-state index contributed by atoms with van der Waals surface area (Å²) in [6, 6.07) is 8.27. The SMILES string of the molecule is CC(C)c1cc(C(=O)OCC(=O)c2ccc(Cl)cc2)c2cnn(C(C)C)c2n1. The molecule has 0 aliphatic carbocycles. The topological polar surface area (TPSA) is 74.1 Å². The number of carbonyl (C=O) groups is 2. The monoisotopic (exact) mass is 399 g/mol. The first-order valence-corrected chi connectivity index (χ1v) is 9.49. The highest BCUT2D eigenvalue weighted by Crippen LogP contribution is 2.25. The predicted octanol–water partition coefficient (Wildman–Crippen LogP) is 4.83. The predicted molar refractivity (Wildman–Crippen MR) is 108 cm³/mol. The van der Waals surface area contributed by atoms with Crippen molar-refractivity contribution in [1.29, 1.82) is 0 Å². The van der Waals surface area contributed by atoms with E-state index in [1.807, 2.05) is 27.7 Å². The number of aromatic nitrogens is 3. The molecule has 0 saturated heterocycles. The van der Waals surface area contributed by atoms with E-state index in [4.69, 9.17) is 16.3 Å². The van der Waals surface area contributed by atoms with Crippen LogP contribution in [0.2, 0.25) is 5.02 Å². The van der Waals surface area contributed by atoms with Crippen LogP contribution in [0.1, 0.15) is 66.1 Å². The third-order valence-electron chi connectivity index (χ3n) is 4.39. The average molecular weight is 400 g/mol. The van der Waals surface area contributed by atoms with Gasteiger partial charge in [0.15, 0.2) is 18.0 Å². The van der Waals surface area contributed by atoms with Crippen molar-refractivity contribution < 1.29 is 14.3 Å². The van der Waals surface area contributed by atoms with Crippen molar-refractivity contribution in [2.75, 3.05) is 6.61 Å². The third-order valence-corrected chi connectivity index (χ3v) is 4.64. The largest absolute Gasteiger partial charge is 0.454 e. The lowest BCUT2D eigenvalue weighted by Crippen LogP contribution is -2.15. The zero-order chi connectivity index (χ0) is 20.4. The first-order chi connectivity index (χ1) is 13.3. The van der Waals surface area contributed by atoms with Crippen molar-refractivity contribution >= 4 is 34.4 Å². The molecule has 6 nitrogen and oxygen atoms in total. The molecule has 7 heteroatoms. The van der Waals surface area contributed by atoms with Crippen molar-refractivity contribution in [2.24, 2.45) is 0 Å². The Hall–Kier alpha value is -2.73. The van der Waals surface area contributed by atoms with Gasteiger partial charge in [-0.25, -0.2) is 14.5 Å². The van der Waals surface area contributed by atoms with Gasteiger partial charge in [-0.1, -0.05) is 25.4 Å². The minimum atomic E-state index is -0.570. The van der Waals surface area contributed by atoms with E-state index >= 15 is 0 Å². The second kappa shape index (κ2) is 8.10. The Morgan fingerprint density at radius 3 is 2.43 bits per heavy atom. The van der Waals surface area contributed by atoms with E-state index in [1.54, 1.807) is 41.2 Å². The molecule has 0 aliphatic heterocycles. The number of rotatable bonds is 6. The number of carbonyl (C=O) groups excluding carboxylic acids is 2. The molecule has 0 atom stereocenters. The number of esters is 1. The highest BCUT2D eigenvalue weighted by molar-refractivity contribution is 6.30. The van der Waals surface area contributed by atoms with Crippen LogP contribution in [0.3, 0.4) is 0 Å². The summed E-state index contributed by atoms with van der Waals surface area (Å²) in [5.74, 6) is -0.737. The second-order valence-electron chi connectivity index (χ2n) is 7.18. The molecule has 0 amide bonds. The summed E-state index contributed by atoms with van der Waals surface area (Å²) in [5.41, 5.74) is 2.21. The third kappa shape index (κ3) is 4.07. The second-order valence-corrected chi connectivity index (χ2v) is 7.61. The summed E-state index contributed by atoms with van der Waals surface area (Å²) in [5, 5.41) is 5.51. The molecule has 146 valence electrons. The number of halogens is 1. The fourth-order valence-corrected chi connectivity index (χ4v) is 2.93. The lowest BCUT2D eigenvalue weighted by atomic mass is 10.1. The van der Waals surface area contributed by atoms with Gasteiger partial charge in [0, 0.05) is 22.3 Å². The highest BCUT2D eigenvalue weighted by Gasteiger charge is 2.20. The summed E-state index contributed by atoms with van der Waals surface area (Å²) >= 11 is 5.83. The molecule has 0 saturated carbocycles. The molecule has 0 fully saturated rings. The molecule has 2 aromatic heterocycles. The van der Waals surface area contributed by atoms with Crippen molar-refractivity contribution in [3.05, 3.63) is 58.4 Å². The fraction of sp³-hybridized carbons (Fsp3) is 0.333. The molecule has 0 spiro atoms. The first kappa shape index (κ1) is 20.0. The van der Waals surface area contributed by atoms with Crippen LogP contribution < -0.4 is 0 Å². The minimum Gasteiger partial charge on any atom is -0.454 e. The van der Waals surface area contributed by atoms with Crippen LogP contribution >= 0.6 is 11.6 Å². The number of fused-ring (bicyclic) bond motifs is 1. The number of pyridine rings is 1. The quantitative estimate of drug-likeness (QED) is 0.438.